The Labute approximate surface area is 120 Å². The molecule has 2 N–H and O–H groups in total. The lowest BCUT2D eigenvalue weighted by molar-refractivity contribution is -0.127. The maximum absolute atomic E-state index is 12.0. The summed E-state index contributed by atoms with van der Waals surface area (Å²) in [7, 11) is 0. The number of piperazine rings is 1. The molecule has 1 amide bonds. The topological polar surface area (TPSA) is 44.4 Å². The molecule has 18 heavy (non-hydrogen) atoms. The molecule has 1 aliphatic rings. The van der Waals surface area contributed by atoms with Crippen LogP contribution in [0, 0.1) is 0 Å². The smallest absolute Gasteiger partial charge is 0.238 e. The second kappa shape index (κ2) is 6.65. The van der Waals surface area contributed by atoms with Crippen LogP contribution in [0.4, 0.5) is 0 Å². The van der Waals surface area contributed by atoms with Crippen LogP contribution in [0.25, 0.3) is 0 Å². The predicted molar refractivity (Wildman–Crippen MR) is 77.8 cm³/mol. The van der Waals surface area contributed by atoms with Crippen molar-refractivity contribution in [3.63, 3.8) is 0 Å². The van der Waals surface area contributed by atoms with Crippen molar-refractivity contribution >= 4 is 33.2 Å². The number of halogens is 1. The van der Waals surface area contributed by atoms with E-state index in [0.29, 0.717) is 6.54 Å². The molecule has 1 aliphatic heterocycles. The molecule has 1 saturated heterocycles. The van der Waals surface area contributed by atoms with Crippen LogP contribution in [0.15, 0.2) is 15.9 Å². The van der Waals surface area contributed by atoms with Gasteiger partial charge in [-0.3, -0.25) is 9.69 Å². The Morgan fingerprint density at radius 1 is 1.72 bits per heavy atom. The molecule has 100 valence electrons. The van der Waals surface area contributed by atoms with Crippen LogP contribution >= 0.6 is 27.3 Å². The molecule has 0 radical (unpaired) electrons. The third-order valence-corrected chi connectivity index (χ3v) is 4.67. The first kappa shape index (κ1) is 14.0. The van der Waals surface area contributed by atoms with Gasteiger partial charge in [0.05, 0.1) is 0 Å². The fraction of sp³-hybridized carbons (Fsp3) is 0.583. The Kier molecular flexibility index (Phi) is 5.17. The van der Waals surface area contributed by atoms with E-state index in [1.807, 2.05) is 6.92 Å². The number of rotatable bonds is 4. The van der Waals surface area contributed by atoms with Gasteiger partial charge in [0.2, 0.25) is 5.91 Å². The summed E-state index contributed by atoms with van der Waals surface area (Å²) < 4.78 is 1.12. The highest BCUT2D eigenvalue weighted by Gasteiger charge is 2.28. The highest BCUT2D eigenvalue weighted by Crippen LogP contribution is 2.22. The largest absolute Gasteiger partial charge is 0.355 e. The molecule has 1 aromatic heterocycles. The van der Waals surface area contributed by atoms with E-state index in [2.05, 4.69) is 42.9 Å². The van der Waals surface area contributed by atoms with E-state index in [9.17, 15) is 4.79 Å². The molecule has 6 heteroatoms. The molecule has 0 bridgehead atoms. The van der Waals surface area contributed by atoms with Crippen molar-refractivity contribution in [2.45, 2.75) is 19.5 Å². The van der Waals surface area contributed by atoms with Crippen molar-refractivity contribution in [3.05, 3.63) is 20.8 Å². The van der Waals surface area contributed by atoms with E-state index in [4.69, 9.17) is 0 Å². The molecule has 0 aromatic carbocycles. The van der Waals surface area contributed by atoms with Crippen molar-refractivity contribution in [3.8, 4) is 0 Å². The van der Waals surface area contributed by atoms with E-state index in [1.165, 1.54) is 4.88 Å². The summed E-state index contributed by atoms with van der Waals surface area (Å²) in [5, 5.41) is 8.28. The summed E-state index contributed by atoms with van der Waals surface area (Å²) in [4.78, 5) is 15.5. The predicted octanol–water partition coefficient (Wildman–Crippen LogP) is 1.42. The van der Waals surface area contributed by atoms with Gasteiger partial charge in [-0.1, -0.05) is 0 Å². The van der Waals surface area contributed by atoms with Gasteiger partial charge in [0.1, 0.15) is 6.04 Å². The normalized spacial score (nSPS) is 20.9. The number of amides is 1. The second-order valence-electron chi connectivity index (χ2n) is 4.32. The number of thiophene rings is 1. The first-order valence-electron chi connectivity index (χ1n) is 6.16. The molecule has 0 aliphatic carbocycles. The third-order valence-electron chi connectivity index (χ3n) is 2.99. The van der Waals surface area contributed by atoms with Crippen LogP contribution in [0.3, 0.4) is 0 Å². The first-order valence-corrected chi connectivity index (χ1v) is 7.83. The van der Waals surface area contributed by atoms with Gasteiger partial charge in [0.25, 0.3) is 0 Å². The summed E-state index contributed by atoms with van der Waals surface area (Å²) in [5.74, 6) is 0.125. The summed E-state index contributed by atoms with van der Waals surface area (Å²) in [6.45, 7) is 6.08. The van der Waals surface area contributed by atoms with E-state index in [1.54, 1.807) is 11.3 Å². The molecule has 1 unspecified atom stereocenters. The Balaban J connectivity index is 2.01. The minimum Gasteiger partial charge on any atom is -0.355 e. The molecule has 0 saturated carbocycles. The van der Waals surface area contributed by atoms with Gasteiger partial charge in [0, 0.05) is 47.5 Å². The number of hydrogen-bond acceptors (Lipinski definition) is 4. The number of carbonyl (C=O) groups excluding carboxylic acids is 1. The van der Waals surface area contributed by atoms with Gasteiger partial charge < -0.3 is 10.6 Å². The lowest BCUT2D eigenvalue weighted by atomic mass is 10.1. The van der Waals surface area contributed by atoms with Gasteiger partial charge in [0.15, 0.2) is 0 Å². The molecular weight excluding hydrogens is 314 g/mol. The highest BCUT2D eigenvalue weighted by molar-refractivity contribution is 9.10. The maximum Gasteiger partial charge on any atom is 0.238 e. The lowest BCUT2D eigenvalue weighted by Crippen LogP contribution is -2.57. The molecule has 1 aromatic rings. The van der Waals surface area contributed by atoms with E-state index >= 15 is 0 Å². The van der Waals surface area contributed by atoms with E-state index in [-0.39, 0.29) is 11.9 Å². The Bertz CT molecular complexity index is 410. The van der Waals surface area contributed by atoms with Crippen LogP contribution in [0.1, 0.15) is 11.8 Å². The zero-order chi connectivity index (χ0) is 13.0. The minimum atomic E-state index is -0.0559. The molecule has 1 fully saturated rings. The van der Waals surface area contributed by atoms with Crippen molar-refractivity contribution < 1.29 is 4.79 Å². The van der Waals surface area contributed by atoms with Crippen molar-refractivity contribution in [2.75, 3.05) is 26.2 Å². The Morgan fingerprint density at radius 2 is 2.56 bits per heavy atom. The van der Waals surface area contributed by atoms with Gasteiger partial charge in [-0.2, -0.15) is 0 Å². The minimum absolute atomic E-state index is 0.0559. The molecule has 1 atom stereocenters. The van der Waals surface area contributed by atoms with Crippen molar-refractivity contribution in [1.29, 1.82) is 0 Å². The van der Waals surface area contributed by atoms with Crippen molar-refractivity contribution in [1.82, 2.24) is 15.5 Å². The summed E-state index contributed by atoms with van der Waals surface area (Å²) in [5.41, 5.74) is 0. The Hall–Kier alpha value is -0.430. The quantitative estimate of drug-likeness (QED) is 0.877. The standard InChI is InChI=1S/C12H18BrN3OS/c1-2-15-12(17)11-6-14-3-4-16(11)7-10-5-9(13)8-18-10/h5,8,11,14H,2-4,6-7H2,1H3,(H,15,17). The van der Waals surface area contributed by atoms with Crippen LogP contribution < -0.4 is 10.6 Å². The van der Waals surface area contributed by atoms with Gasteiger partial charge in [-0.25, -0.2) is 0 Å². The lowest BCUT2D eigenvalue weighted by Gasteiger charge is -2.34. The first-order chi connectivity index (χ1) is 8.70. The van der Waals surface area contributed by atoms with Crippen molar-refractivity contribution in [2.24, 2.45) is 0 Å². The third kappa shape index (κ3) is 3.54. The van der Waals surface area contributed by atoms with Crippen LogP contribution in [-0.4, -0.2) is 43.0 Å². The summed E-state index contributed by atoms with van der Waals surface area (Å²) in [6.07, 6.45) is 0. The molecule has 4 nitrogen and oxygen atoms in total. The fourth-order valence-electron chi connectivity index (χ4n) is 2.12. The van der Waals surface area contributed by atoms with Crippen LogP contribution in [0.5, 0.6) is 0 Å². The molecule has 0 spiro atoms. The van der Waals surface area contributed by atoms with Gasteiger partial charge in [-0.05, 0) is 28.9 Å². The number of likely N-dealkylation sites (N-methyl/N-ethyl adjacent to an activating group) is 1. The molecule has 2 rings (SSSR count). The van der Waals surface area contributed by atoms with Gasteiger partial charge in [-0.15, -0.1) is 11.3 Å². The fourth-order valence-corrected chi connectivity index (χ4v) is 3.60. The van der Waals surface area contributed by atoms with Gasteiger partial charge >= 0.3 is 0 Å². The second-order valence-corrected chi connectivity index (χ2v) is 6.23. The highest BCUT2D eigenvalue weighted by atomic mass is 79.9. The molecular formula is C12H18BrN3OS. The maximum atomic E-state index is 12.0. The van der Waals surface area contributed by atoms with Crippen LogP contribution in [-0.2, 0) is 11.3 Å². The zero-order valence-electron chi connectivity index (χ0n) is 10.4. The number of nitrogens with one attached hydrogen (secondary N) is 2. The summed E-state index contributed by atoms with van der Waals surface area (Å²) in [6, 6.07) is 2.07. The Morgan fingerprint density at radius 3 is 3.22 bits per heavy atom. The van der Waals surface area contributed by atoms with Crippen LogP contribution in [0.2, 0.25) is 0 Å². The average Bonchev–Trinajstić information content (AvgIpc) is 2.76. The molecule has 2 heterocycles. The SMILES string of the molecule is CCNC(=O)C1CNCCN1Cc1cc(Br)cs1. The van der Waals surface area contributed by atoms with E-state index < -0.39 is 0 Å². The average molecular weight is 332 g/mol. The monoisotopic (exact) mass is 331 g/mol. The number of nitrogens with zero attached hydrogens (tertiary/aromatic N) is 1. The van der Waals surface area contributed by atoms with E-state index in [0.717, 1.165) is 30.7 Å². The number of hydrogen-bond donors (Lipinski definition) is 2. The zero-order valence-corrected chi connectivity index (χ0v) is 12.8. The number of carbonyl (C=O) groups is 1. The summed E-state index contributed by atoms with van der Waals surface area (Å²) >= 11 is 5.20.